The van der Waals surface area contributed by atoms with Gasteiger partial charge in [0.05, 0.1) is 0 Å². The van der Waals surface area contributed by atoms with Crippen LogP contribution in [0.1, 0.15) is 47.2 Å². The van der Waals surface area contributed by atoms with Crippen molar-refractivity contribution in [2.45, 2.75) is 50.9 Å². The van der Waals surface area contributed by atoms with Gasteiger partial charge in [0.1, 0.15) is 6.61 Å². The highest BCUT2D eigenvalue weighted by atomic mass is 16.5. The maximum Gasteiger partial charge on any atom is 0.411 e. The van der Waals surface area contributed by atoms with Gasteiger partial charge < -0.3 is 15.4 Å². The molecular weight excluding hydrogens is 426 g/mol. The molecule has 176 valence electrons. The summed E-state index contributed by atoms with van der Waals surface area (Å²) in [6.45, 7) is 0.582. The van der Waals surface area contributed by atoms with Crippen molar-refractivity contribution in [1.29, 1.82) is 0 Å². The topological polar surface area (TPSA) is 84.7 Å². The van der Waals surface area contributed by atoms with E-state index in [1.54, 1.807) is 0 Å². The Bertz CT molecular complexity index is 1080. The SMILES string of the molecule is NC1CCC(N(Cc2ccccc2NC(=O)OCc2ccccc2)C(=O)c2ccccc2)CC1. The molecule has 0 aromatic heterocycles. The molecule has 0 atom stereocenters. The van der Waals surface area contributed by atoms with Gasteiger partial charge >= 0.3 is 6.09 Å². The second kappa shape index (κ2) is 11.5. The Morgan fingerprint density at radius 3 is 2.18 bits per heavy atom. The number of ether oxygens (including phenoxy) is 1. The van der Waals surface area contributed by atoms with E-state index in [1.807, 2.05) is 89.8 Å². The normalized spacial score (nSPS) is 17.6. The molecule has 34 heavy (non-hydrogen) atoms. The lowest BCUT2D eigenvalue weighted by atomic mass is 9.90. The van der Waals surface area contributed by atoms with E-state index in [-0.39, 0.29) is 24.6 Å². The van der Waals surface area contributed by atoms with Gasteiger partial charge in [0.2, 0.25) is 0 Å². The van der Waals surface area contributed by atoms with E-state index in [0.717, 1.165) is 36.8 Å². The number of hydrogen-bond donors (Lipinski definition) is 2. The molecular formula is C28H31N3O3. The average molecular weight is 458 g/mol. The number of hydrogen-bond acceptors (Lipinski definition) is 4. The van der Waals surface area contributed by atoms with Crippen LogP contribution in [-0.4, -0.2) is 29.0 Å². The number of para-hydroxylation sites is 1. The molecule has 0 radical (unpaired) electrons. The van der Waals surface area contributed by atoms with Crippen molar-refractivity contribution in [3.63, 3.8) is 0 Å². The second-order valence-electron chi connectivity index (χ2n) is 8.71. The zero-order chi connectivity index (χ0) is 23.8. The van der Waals surface area contributed by atoms with Crippen LogP contribution in [0.25, 0.3) is 0 Å². The Labute approximate surface area is 200 Å². The Morgan fingerprint density at radius 1 is 0.853 bits per heavy atom. The van der Waals surface area contributed by atoms with E-state index in [4.69, 9.17) is 10.5 Å². The van der Waals surface area contributed by atoms with Crippen LogP contribution >= 0.6 is 0 Å². The van der Waals surface area contributed by atoms with Crippen LogP contribution in [-0.2, 0) is 17.9 Å². The van der Waals surface area contributed by atoms with Gasteiger partial charge in [-0.2, -0.15) is 0 Å². The lowest BCUT2D eigenvalue weighted by Gasteiger charge is -2.36. The number of carbonyl (C=O) groups is 2. The molecule has 3 N–H and O–H groups in total. The van der Waals surface area contributed by atoms with Crippen LogP contribution < -0.4 is 11.1 Å². The number of benzene rings is 3. The average Bonchev–Trinajstić information content (AvgIpc) is 2.88. The Balaban J connectivity index is 1.50. The summed E-state index contributed by atoms with van der Waals surface area (Å²) in [6, 6.07) is 26.7. The fraction of sp³-hybridized carbons (Fsp3) is 0.286. The Morgan fingerprint density at radius 2 is 1.47 bits per heavy atom. The third kappa shape index (κ3) is 6.23. The quantitative estimate of drug-likeness (QED) is 0.501. The number of anilines is 1. The van der Waals surface area contributed by atoms with Gasteiger partial charge in [-0.1, -0.05) is 66.7 Å². The molecule has 6 nitrogen and oxygen atoms in total. The molecule has 4 rings (SSSR count). The van der Waals surface area contributed by atoms with Crippen molar-refractivity contribution in [2.75, 3.05) is 5.32 Å². The first-order chi connectivity index (χ1) is 16.6. The first kappa shape index (κ1) is 23.5. The second-order valence-corrected chi connectivity index (χ2v) is 8.71. The van der Waals surface area contributed by atoms with Crippen molar-refractivity contribution in [3.8, 4) is 0 Å². The molecule has 1 saturated carbocycles. The highest BCUT2D eigenvalue weighted by Crippen LogP contribution is 2.27. The highest BCUT2D eigenvalue weighted by molar-refractivity contribution is 5.94. The van der Waals surface area contributed by atoms with Gasteiger partial charge in [-0.15, -0.1) is 0 Å². The van der Waals surface area contributed by atoms with Crippen LogP contribution in [0.2, 0.25) is 0 Å². The number of nitrogens with zero attached hydrogens (tertiary/aromatic N) is 1. The molecule has 0 heterocycles. The van der Waals surface area contributed by atoms with Crippen molar-refractivity contribution in [3.05, 3.63) is 102 Å². The van der Waals surface area contributed by atoms with Crippen LogP contribution in [0.15, 0.2) is 84.9 Å². The van der Waals surface area contributed by atoms with E-state index in [2.05, 4.69) is 5.32 Å². The van der Waals surface area contributed by atoms with Gasteiger partial charge in [-0.25, -0.2) is 4.79 Å². The summed E-state index contributed by atoms with van der Waals surface area (Å²) in [5.41, 5.74) is 9.19. The third-order valence-electron chi connectivity index (χ3n) is 6.27. The van der Waals surface area contributed by atoms with Crippen molar-refractivity contribution < 1.29 is 14.3 Å². The maximum atomic E-state index is 13.5. The summed E-state index contributed by atoms with van der Waals surface area (Å²) in [5, 5.41) is 2.86. The fourth-order valence-electron chi connectivity index (χ4n) is 4.36. The van der Waals surface area contributed by atoms with E-state index in [9.17, 15) is 9.59 Å². The van der Waals surface area contributed by atoms with Crippen molar-refractivity contribution >= 4 is 17.7 Å². The number of rotatable bonds is 7. The molecule has 3 aromatic carbocycles. The van der Waals surface area contributed by atoms with Crippen LogP contribution in [0.4, 0.5) is 10.5 Å². The predicted molar refractivity (Wildman–Crippen MR) is 133 cm³/mol. The first-order valence-electron chi connectivity index (χ1n) is 11.8. The van der Waals surface area contributed by atoms with Crippen LogP contribution in [0.3, 0.4) is 0 Å². The minimum absolute atomic E-state index is 0.0115. The number of nitrogens with one attached hydrogen (secondary N) is 1. The predicted octanol–water partition coefficient (Wildman–Crippen LogP) is 5.35. The summed E-state index contributed by atoms with van der Waals surface area (Å²) >= 11 is 0. The van der Waals surface area contributed by atoms with Gasteiger partial charge in [-0.05, 0) is 55.0 Å². The molecule has 0 aliphatic heterocycles. The van der Waals surface area contributed by atoms with Gasteiger partial charge in [-0.3, -0.25) is 10.1 Å². The standard InChI is InChI=1S/C28H31N3O3/c29-24-15-17-25(18-16-24)31(27(32)22-11-5-2-6-12-22)19-23-13-7-8-14-26(23)30-28(33)34-20-21-9-3-1-4-10-21/h1-14,24-25H,15-20,29H2,(H,30,33). The van der Waals surface area contributed by atoms with Gasteiger partial charge in [0.15, 0.2) is 0 Å². The number of carbonyl (C=O) groups excluding carboxylic acids is 2. The number of amides is 2. The lowest BCUT2D eigenvalue weighted by molar-refractivity contribution is 0.0607. The molecule has 0 bridgehead atoms. The van der Waals surface area contributed by atoms with Crippen molar-refractivity contribution in [1.82, 2.24) is 4.90 Å². The minimum Gasteiger partial charge on any atom is -0.444 e. The van der Waals surface area contributed by atoms with Gasteiger partial charge in [0.25, 0.3) is 5.91 Å². The van der Waals surface area contributed by atoms with Gasteiger partial charge in [0, 0.05) is 29.9 Å². The smallest absolute Gasteiger partial charge is 0.411 e. The maximum absolute atomic E-state index is 13.5. The fourth-order valence-corrected chi connectivity index (χ4v) is 4.36. The molecule has 6 heteroatoms. The van der Waals surface area contributed by atoms with E-state index in [0.29, 0.717) is 17.8 Å². The summed E-state index contributed by atoms with van der Waals surface area (Å²) in [7, 11) is 0. The van der Waals surface area contributed by atoms with Crippen LogP contribution in [0.5, 0.6) is 0 Å². The summed E-state index contributed by atoms with van der Waals surface area (Å²) in [4.78, 5) is 27.9. The lowest BCUT2D eigenvalue weighted by Crippen LogP contribution is -2.44. The van der Waals surface area contributed by atoms with Crippen molar-refractivity contribution in [2.24, 2.45) is 5.73 Å². The largest absolute Gasteiger partial charge is 0.444 e. The third-order valence-corrected chi connectivity index (χ3v) is 6.27. The Hall–Kier alpha value is -3.64. The summed E-state index contributed by atoms with van der Waals surface area (Å²) in [6.07, 6.45) is 3.01. The summed E-state index contributed by atoms with van der Waals surface area (Å²) < 4.78 is 5.39. The van der Waals surface area contributed by atoms with E-state index < -0.39 is 6.09 Å². The molecule has 1 aliphatic carbocycles. The molecule has 0 unspecified atom stereocenters. The monoisotopic (exact) mass is 457 g/mol. The first-order valence-corrected chi connectivity index (χ1v) is 11.8. The highest BCUT2D eigenvalue weighted by Gasteiger charge is 2.29. The molecule has 0 saturated heterocycles. The van der Waals surface area contributed by atoms with E-state index in [1.165, 1.54) is 0 Å². The minimum atomic E-state index is -0.527. The zero-order valence-corrected chi connectivity index (χ0v) is 19.2. The molecule has 2 amide bonds. The van der Waals surface area contributed by atoms with E-state index >= 15 is 0 Å². The molecule has 3 aromatic rings. The summed E-state index contributed by atoms with van der Waals surface area (Å²) in [5.74, 6) is -0.0115. The molecule has 1 aliphatic rings. The number of nitrogens with two attached hydrogens (primary N) is 1. The zero-order valence-electron chi connectivity index (χ0n) is 19.2. The molecule has 0 spiro atoms. The van der Waals surface area contributed by atoms with Crippen LogP contribution in [0, 0.1) is 0 Å². The molecule has 1 fully saturated rings. The Kier molecular flexibility index (Phi) is 7.94.